The van der Waals surface area contributed by atoms with Crippen LogP contribution in [0.25, 0.3) is 0 Å². The fraction of sp³-hybridized carbons (Fsp3) is 0.684. The molecule has 0 heterocycles. The molecule has 2 heteroatoms. The van der Waals surface area contributed by atoms with Gasteiger partial charge in [0, 0.05) is 5.69 Å². The Kier molecular flexibility index (Phi) is 4.98. The summed E-state index contributed by atoms with van der Waals surface area (Å²) in [4.78, 5) is 0. The lowest BCUT2D eigenvalue weighted by Gasteiger charge is -2.45. The first kappa shape index (κ1) is 16.4. The first-order valence-electron chi connectivity index (χ1n) is 8.36. The molecular weight excluding hydrogens is 258 g/mol. The van der Waals surface area contributed by atoms with Gasteiger partial charge in [0.25, 0.3) is 0 Å². The summed E-state index contributed by atoms with van der Waals surface area (Å²) in [5, 5.41) is 13.6. The zero-order valence-electron chi connectivity index (χ0n) is 14.1. The molecule has 2 nitrogen and oxygen atoms in total. The van der Waals surface area contributed by atoms with E-state index in [0.717, 1.165) is 24.4 Å². The summed E-state index contributed by atoms with van der Waals surface area (Å²) in [6.45, 7) is 9.39. The highest BCUT2D eigenvalue weighted by Crippen LogP contribution is 2.44. The van der Waals surface area contributed by atoms with Gasteiger partial charge < -0.3 is 10.4 Å². The highest BCUT2D eigenvalue weighted by Gasteiger charge is 2.39. The number of hydrogen-bond donors (Lipinski definition) is 2. The fourth-order valence-corrected chi connectivity index (χ4v) is 3.59. The average Bonchev–Trinajstić information content (AvgIpc) is 2.48. The van der Waals surface area contributed by atoms with Crippen LogP contribution >= 0.6 is 0 Å². The third kappa shape index (κ3) is 3.79. The van der Waals surface area contributed by atoms with Crippen LogP contribution in [0.15, 0.2) is 24.3 Å². The van der Waals surface area contributed by atoms with Crippen LogP contribution in [0.4, 0.5) is 5.69 Å². The van der Waals surface area contributed by atoms with Crippen molar-refractivity contribution < 1.29 is 5.11 Å². The van der Waals surface area contributed by atoms with Gasteiger partial charge in [0.2, 0.25) is 0 Å². The van der Waals surface area contributed by atoms with Crippen molar-refractivity contribution in [2.24, 2.45) is 11.3 Å². The molecule has 1 aromatic carbocycles. The minimum Gasteiger partial charge on any atom is -0.394 e. The molecule has 0 aromatic heterocycles. The van der Waals surface area contributed by atoms with Gasteiger partial charge in [0.1, 0.15) is 0 Å². The van der Waals surface area contributed by atoms with Gasteiger partial charge in [0.05, 0.1) is 12.1 Å². The molecule has 0 bridgehead atoms. The van der Waals surface area contributed by atoms with Gasteiger partial charge in [-0.15, -0.1) is 0 Å². The van der Waals surface area contributed by atoms with E-state index in [-0.39, 0.29) is 12.1 Å². The highest BCUT2D eigenvalue weighted by molar-refractivity contribution is 5.48. The molecule has 1 saturated carbocycles. The van der Waals surface area contributed by atoms with Crippen molar-refractivity contribution in [3.05, 3.63) is 29.8 Å². The predicted molar refractivity (Wildman–Crippen MR) is 90.6 cm³/mol. The van der Waals surface area contributed by atoms with Crippen molar-refractivity contribution in [3.8, 4) is 0 Å². The monoisotopic (exact) mass is 289 g/mol. The van der Waals surface area contributed by atoms with E-state index in [1.54, 1.807) is 0 Å². The Hall–Kier alpha value is -1.02. The quantitative estimate of drug-likeness (QED) is 0.818. The second kappa shape index (κ2) is 6.39. The maximum Gasteiger partial charge on any atom is 0.0661 e. The topological polar surface area (TPSA) is 32.3 Å². The number of aliphatic hydroxyl groups excluding tert-OH is 1. The average molecular weight is 289 g/mol. The lowest BCUT2D eigenvalue weighted by molar-refractivity contribution is 0.0921. The number of anilines is 1. The zero-order valence-corrected chi connectivity index (χ0v) is 14.1. The van der Waals surface area contributed by atoms with Crippen molar-refractivity contribution in [1.82, 2.24) is 0 Å². The van der Waals surface area contributed by atoms with Crippen molar-refractivity contribution in [3.63, 3.8) is 0 Å². The Bertz CT molecular complexity index is 458. The summed E-state index contributed by atoms with van der Waals surface area (Å²) >= 11 is 0. The number of benzene rings is 1. The summed E-state index contributed by atoms with van der Waals surface area (Å²) in [5.74, 6) is 0.779. The van der Waals surface area contributed by atoms with Crippen LogP contribution in [0.2, 0.25) is 0 Å². The Morgan fingerprint density at radius 3 is 2.48 bits per heavy atom. The number of nitrogens with one attached hydrogen (secondary N) is 1. The molecule has 0 saturated heterocycles. The minimum absolute atomic E-state index is 0.131. The van der Waals surface area contributed by atoms with Crippen LogP contribution in [-0.4, -0.2) is 17.3 Å². The van der Waals surface area contributed by atoms with Gasteiger partial charge in [-0.3, -0.25) is 0 Å². The second-order valence-electron chi connectivity index (χ2n) is 7.55. The smallest absolute Gasteiger partial charge is 0.0661 e. The summed E-state index contributed by atoms with van der Waals surface area (Å²) < 4.78 is 0. The van der Waals surface area contributed by atoms with Crippen molar-refractivity contribution >= 4 is 5.69 Å². The summed E-state index contributed by atoms with van der Waals surface area (Å²) in [5.41, 5.74) is 2.69. The number of aliphatic hydroxyl groups is 1. The number of rotatable bonds is 5. The molecule has 118 valence electrons. The Morgan fingerprint density at radius 1 is 1.29 bits per heavy atom. The molecule has 0 atom stereocenters. The maximum absolute atomic E-state index is 9.96. The van der Waals surface area contributed by atoms with Gasteiger partial charge in [-0.25, -0.2) is 0 Å². The molecule has 21 heavy (non-hydrogen) atoms. The van der Waals surface area contributed by atoms with Crippen molar-refractivity contribution in [2.45, 2.75) is 65.3 Å². The number of hydrogen-bond acceptors (Lipinski definition) is 2. The van der Waals surface area contributed by atoms with Gasteiger partial charge in [0.15, 0.2) is 0 Å². The Morgan fingerprint density at radius 2 is 1.95 bits per heavy atom. The summed E-state index contributed by atoms with van der Waals surface area (Å²) in [6, 6.07) is 8.46. The lowest BCUT2D eigenvalue weighted by atomic mass is 9.65. The molecule has 2 N–H and O–H groups in total. The van der Waals surface area contributed by atoms with Crippen LogP contribution in [0.3, 0.4) is 0 Å². The molecule has 2 rings (SSSR count). The largest absolute Gasteiger partial charge is 0.394 e. The normalized spacial score (nSPS) is 26.6. The van der Waals surface area contributed by atoms with Gasteiger partial charge in [-0.05, 0) is 61.6 Å². The van der Waals surface area contributed by atoms with E-state index in [2.05, 4.69) is 57.3 Å². The van der Waals surface area contributed by atoms with Gasteiger partial charge in [-0.2, -0.15) is 0 Å². The molecule has 1 fully saturated rings. The van der Waals surface area contributed by atoms with Crippen LogP contribution in [-0.2, 0) is 0 Å². The van der Waals surface area contributed by atoms with Crippen LogP contribution in [0.5, 0.6) is 0 Å². The van der Waals surface area contributed by atoms with E-state index in [4.69, 9.17) is 0 Å². The second-order valence-corrected chi connectivity index (χ2v) is 7.55. The van der Waals surface area contributed by atoms with Gasteiger partial charge >= 0.3 is 0 Å². The lowest BCUT2D eigenvalue weighted by Crippen LogP contribution is -2.47. The van der Waals surface area contributed by atoms with E-state index in [1.165, 1.54) is 24.8 Å². The van der Waals surface area contributed by atoms with Gasteiger partial charge in [-0.1, -0.05) is 39.3 Å². The summed E-state index contributed by atoms with van der Waals surface area (Å²) in [7, 11) is 0. The first-order chi connectivity index (χ1) is 9.91. The van der Waals surface area contributed by atoms with E-state index in [1.807, 2.05) is 0 Å². The molecule has 0 spiro atoms. The maximum atomic E-state index is 9.96. The van der Waals surface area contributed by atoms with Crippen LogP contribution in [0.1, 0.15) is 58.4 Å². The van der Waals surface area contributed by atoms with E-state index >= 15 is 0 Å². The molecule has 1 aromatic rings. The van der Waals surface area contributed by atoms with E-state index in [0.29, 0.717) is 5.41 Å². The zero-order chi connectivity index (χ0) is 15.5. The Balaban J connectivity index is 2.05. The van der Waals surface area contributed by atoms with Crippen molar-refractivity contribution in [1.29, 1.82) is 0 Å². The highest BCUT2D eigenvalue weighted by atomic mass is 16.3. The predicted octanol–water partition coefficient (Wildman–Crippen LogP) is 4.76. The van der Waals surface area contributed by atoms with Crippen LogP contribution in [0, 0.1) is 18.3 Å². The standard InChI is InChI=1S/C19H31NO/c1-5-18(3,4)16-9-11-19(14-21,12-10-16)20-17-8-6-7-15(2)13-17/h6-8,13,16,20-21H,5,9-12,14H2,1-4H3. The minimum atomic E-state index is -0.131. The van der Waals surface area contributed by atoms with Crippen molar-refractivity contribution in [2.75, 3.05) is 11.9 Å². The van der Waals surface area contributed by atoms with E-state index < -0.39 is 0 Å². The molecule has 0 aliphatic heterocycles. The molecule has 1 aliphatic carbocycles. The third-order valence-electron chi connectivity index (χ3n) is 5.69. The third-order valence-corrected chi connectivity index (χ3v) is 5.69. The fourth-order valence-electron chi connectivity index (χ4n) is 3.59. The molecule has 0 unspecified atom stereocenters. The Labute approximate surface area is 130 Å². The van der Waals surface area contributed by atoms with Crippen LogP contribution < -0.4 is 5.32 Å². The molecule has 1 aliphatic rings. The first-order valence-corrected chi connectivity index (χ1v) is 8.36. The molecular formula is C19H31NO. The van der Waals surface area contributed by atoms with E-state index in [9.17, 15) is 5.11 Å². The molecule has 0 amide bonds. The molecule has 0 radical (unpaired) electrons. The number of aryl methyl sites for hydroxylation is 1. The summed E-state index contributed by atoms with van der Waals surface area (Å²) in [6.07, 6.45) is 5.77. The SMILES string of the molecule is CCC(C)(C)C1CCC(CO)(Nc2cccc(C)c2)CC1.